The van der Waals surface area contributed by atoms with Crippen molar-refractivity contribution in [2.24, 2.45) is 0 Å². The molecule has 1 aliphatic rings. The number of hydrogen-bond acceptors (Lipinski definition) is 4. The van der Waals surface area contributed by atoms with Crippen molar-refractivity contribution >= 4 is 40.7 Å². The number of anilines is 3. The van der Waals surface area contributed by atoms with E-state index in [0.29, 0.717) is 16.9 Å². The standard InChI is InChI=1S/C30H23N3O4/c1-18-6-3-9-22(14-18)31-27(34)20-8-5-11-24(16-20)33-29(36)25-13-12-21(17-26(25)30(33)37)28(35)32-23-10-4-7-19(2)15-23/h3-17H,1-2H3,(H,31,34)(H,32,35). The average molecular weight is 490 g/mol. The van der Waals surface area contributed by atoms with Crippen molar-refractivity contribution < 1.29 is 19.2 Å². The summed E-state index contributed by atoms with van der Waals surface area (Å²) in [4.78, 5) is 53.0. The van der Waals surface area contributed by atoms with Gasteiger partial charge in [0.2, 0.25) is 0 Å². The van der Waals surface area contributed by atoms with Crippen molar-refractivity contribution in [1.29, 1.82) is 0 Å². The zero-order valence-electron chi connectivity index (χ0n) is 20.2. The molecule has 5 rings (SSSR count). The van der Waals surface area contributed by atoms with Gasteiger partial charge < -0.3 is 10.6 Å². The lowest BCUT2D eigenvalue weighted by atomic mass is 10.1. The van der Waals surface area contributed by atoms with E-state index in [9.17, 15) is 19.2 Å². The van der Waals surface area contributed by atoms with Gasteiger partial charge in [0.1, 0.15) is 0 Å². The van der Waals surface area contributed by atoms with Crippen LogP contribution in [0.15, 0.2) is 91.0 Å². The van der Waals surface area contributed by atoms with Gasteiger partial charge in [-0.15, -0.1) is 0 Å². The fraction of sp³-hybridized carbons (Fsp3) is 0.0667. The van der Waals surface area contributed by atoms with Crippen molar-refractivity contribution in [2.45, 2.75) is 13.8 Å². The average Bonchev–Trinajstić information content (AvgIpc) is 3.13. The van der Waals surface area contributed by atoms with Gasteiger partial charge in [-0.05, 0) is 85.6 Å². The van der Waals surface area contributed by atoms with Gasteiger partial charge in [0, 0.05) is 22.5 Å². The van der Waals surface area contributed by atoms with E-state index in [4.69, 9.17) is 0 Å². The van der Waals surface area contributed by atoms with E-state index >= 15 is 0 Å². The topological polar surface area (TPSA) is 95.6 Å². The summed E-state index contributed by atoms with van der Waals surface area (Å²) in [5.74, 6) is -1.82. The van der Waals surface area contributed by atoms with Crippen molar-refractivity contribution in [3.05, 3.63) is 124 Å². The molecule has 7 nitrogen and oxygen atoms in total. The van der Waals surface area contributed by atoms with E-state index in [1.807, 2.05) is 50.2 Å². The number of hydrogen-bond donors (Lipinski definition) is 2. The van der Waals surface area contributed by atoms with Gasteiger partial charge in [-0.1, -0.05) is 30.3 Å². The van der Waals surface area contributed by atoms with Crippen LogP contribution in [-0.2, 0) is 0 Å². The second kappa shape index (κ2) is 9.54. The van der Waals surface area contributed by atoms with Gasteiger partial charge in [-0.2, -0.15) is 0 Å². The summed E-state index contributed by atoms with van der Waals surface area (Å²) in [6, 6.07) is 25.5. The zero-order chi connectivity index (χ0) is 26.1. The number of aryl methyl sites for hydroxylation is 2. The van der Waals surface area contributed by atoms with Crippen LogP contribution in [-0.4, -0.2) is 23.6 Å². The van der Waals surface area contributed by atoms with Crippen LogP contribution < -0.4 is 15.5 Å². The molecular weight excluding hydrogens is 466 g/mol. The molecule has 37 heavy (non-hydrogen) atoms. The molecule has 0 atom stereocenters. The number of benzene rings is 4. The molecule has 4 aromatic carbocycles. The molecule has 0 unspecified atom stereocenters. The molecule has 2 N–H and O–H groups in total. The lowest BCUT2D eigenvalue weighted by Gasteiger charge is -2.15. The van der Waals surface area contributed by atoms with Crippen molar-refractivity contribution in [3.63, 3.8) is 0 Å². The first-order chi connectivity index (χ1) is 17.8. The molecule has 0 radical (unpaired) electrons. The number of carbonyl (C=O) groups excluding carboxylic acids is 4. The Morgan fingerprint density at radius 3 is 1.73 bits per heavy atom. The first-order valence-corrected chi connectivity index (χ1v) is 11.7. The molecule has 1 heterocycles. The summed E-state index contributed by atoms with van der Waals surface area (Å²) >= 11 is 0. The van der Waals surface area contributed by atoms with Crippen LogP contribution in [0.1, 0.15) is 52.6 Å². The number of nitrogens with one attached hydrogen (secondary N) is 2. The van der Waals surface area contributed by atoms with E-state index in [0.717, 1.165) is 16.0 Å². The Morgan fingerprint density at radius 2 is 1.14 bits per heavy atom. The number of fused-ring (bicyclic) bond motifs is 1. The Labute approximate surface area is 213 Å². The lowest BCUT2D eigenvalue weighted by molar-refractivity contribution is 0.0923. The summed E-state index contributed by atoms with van der Waals surface area (Å²) in [6.45, 7) is 3.85. The van der Waals surface area contributed by atoms with E-state index in [1.165, 1.54) is 24.3 Å². The largest absolute Gasteiger partial charge is 0.322 e. The van der Waals surface area contributed by atoms with Crippen LogP contribution in [0.3, 0.4) is 0 Å². The Kier molecular flexibility index (Phi) is 6.11. The predicted molar refractivity (Wildman–Crippen MR) is 142 cm³/mol. The Hall–Kier alpha value is -5.04. The molecule has 0 aliphatic carbocycles. The molecule has 1 aliphatic heterocycles. The van der Waals surface area contributed by atoms with E-state index in [1.54, 1.807) is 30.3 Å². The molecular formula is C30H23N3O4. The van der Waals surface area contributed by atoms with Crippen LogP contribution in [0.4, 0.5) is 17.1 Å². The Morgan fingerprint density at radius 1 is 0.595 bits per heavy atom. The Bertz CT molecular complexity index is 1590. The van der Waals surface area contributed by atoms with Gasteiger partial charge in [0.15, 0.2) is 0 Å². The molecule has 0 saturated carbocycles. The minimum absolute atomic E-state index is 0.136. The molecule has 182 valence electrons. The van der Waals surface area contributed by atoms with Gasteiger partial charge in [0.05, 0.1) is 16.8 Å². The zero-order valence-corrected chi connectivity index (χ0v) is 20.2. The number of carbonyl (C=O) groups is 4. The maximum Gasteiger partial charge on any atom is 0.266 e. The maximum atomic E-state index is 13.3. The predicted octanol–water partition coefficient (Wildman–Crippen LogP) is 5.61. The third kappa shape index (κ3) is 4.75. The van der Waals surface area contributed by atoms with Gasteiger partial charge in [0.25, 0.3) is 23.6 Å². The molecule has 0 bridgehead atoms. The fourth-order valence-electron chi connectivity index (χ4n) is 4.25. The highest BCUT2D eigenvalue weighted by molar-refractivity contribution is 6.35. The first-order valence-electron chi connectivity index (χ1n) is 11.7. The monoisotopic (exact) mass is 489 g/mol. The summed E-state index contributed by atoms with van der Waals surface area (Å²) in [5.41, 5.74) is 4.45. The molecule has 4 amide bonds. The second-order valence-electron chi connectivity index (χ2n) is 8.90. The van der Waals surface area contributed by atoms with Crippen LogP contribution in [0.25, 0.3) is 0 Å². The van der Waals surface area contributed by atoms with Crippen molar-refractivity contribution in [3.8, 4) is 0 Å². The highest BCUT2D eigenvalue weighted by Gasteiger charge is 2.37. The number of nitrogens with zero attached hydrogens (tertiary/aromatic N) is 1. The minimum Gasteiger partial charge on any atom is -0.322 e. The van der Waals surface area contributed by atoms with Crippen molar-refractivity contribution in [1.82, 2.24) is 0 Å². The maximum absolute atomic E-state index is 13.3. The van der Waals surface area contributed by atoms with Crippen LogP contribution in [0.2, 0.25) is 0 Å². The summed E-state index contributed by atoms with van der Waals surface area (Å²) in [6.07, 6.45) is 0. The molecule has 0 aromatic heterocycles. The second-order valence-corrected chi connectivity index (χ2v) is 8.90. The quantitative estimate of drug-likeness (QED) is 0.356. The smallest absolute Gasteiger partial charge is 0.266 e. The van der Waals surface area contributed by atoms with Crippen LogP contribution >= 0.6 is 0 Å². The van der Waals surface area contributed by atoms with E-state index in [2.05, 4.69) is 10.6 Å². The first kappa shape index (κ1) is 23.7. The summed E-state index contributed by atoms with van der Waals surface area (Å²) in [5, 5.41) is 5.64. The molecule has 0 spiro atoms. The lowest BCUT2D eigenvalue weighted by Crippen LogP contribution is -2.29. The normalized spacial score (nSPS) is 12.3. The van der Waals surface area contributed by atoms with Crippen LogP contribution in [0.5, 0.6) is 0 Å². The number of imide groups is 1. The molecule has 0 fully saturated rings. The van der Waals surface area contributed by atoms with Crippen LogP contribution in [0, 0.1) is 13.8 Å². The molecule has 7 heteroatoms. The highest BCUT2D eigenvalue weighted by atomic mass is 16.2. The van der Waals surface area contributed by atoms with Gasteiger partial charge in [-0.25, -0.2) is 4.90 Å². The fourth-order valence-corrected chi connectivity index (χ4v) is 4.25. The van der Waals surface area contributed by atoms with Gasteiger partial charge in [-0.3, -0.25) is 19.2 Å². The van der Waals surface area contributed by atoms with E-state index < -0.39 is 11.8 Å². The van der Waals surface area contributed by atoms with E-state index in [-0.39, 0.29) is 34.2 Å². The molecule has 4 aromatic rings. The highest BCUT2D eigenvalue weighted by Crippen LogP contribution is 2.30. The SMILES string of the molecule is Cc1cccc(NC(=O)c2cccc(N3C(=O)c4ccc(C(=O)Nc5cccc(C)c5)cc4C3=O)c2)c1. The third-order valence-corrected chi connectivity index (χ3v) is 6.07. The Balaban J connectivity index is 1.38. The summed E-state index contributed by atoms with van der Waals surface area (Å²) < 4.78 is 0. The molecule has 0 saturated heterocycles. The minimum atomic E-state index is -0.554. The van der Waals surface area contributed by atoms with Gasteiger partial charge >= 0.3 is 0 Å². The summed E-state index contributed by atoms with van der Waals surface area (Å²) in [7, 11) is 0. The van der Waals surface area contributed by atoms with Crippen molar-refractivity contribution in [2.75, 3.05) is 15.5 Å². The third-order valence-electron chi connectivity index (χ3n) is 6.07. The number of rotatable bonds is 5. The number of amides is 4.